The van der Waals surface area contributed by atoms with Gasteiger partial charge in [-0.05, 0) is 61.4 Å². The first kappa shape index (κ1) is 16.8. The Hall–Kier alpha value is -1.59. The van der Waals surface area contributed by atoms with E-state index in [1.807, 2.05) is 32.0 Å². The zero-order chi connectivity index (χ0) is 16.3. The fraction of sp³-hybridized carbons (Fsp3) is 0.176. The first-order valence-corrected chi connectivity index (χ1v) is 9.05. The molecule has 0 fully saturated rings. The first-order valence-electron chi connectivity index (χ1n) is 6.82. The largest absolute Gasteiger partial charge is 0.264 e. The van der Waals surface area contributed by atoms with Gasteiger partial charge in [-0.2, -0.15) is 0 Å². The molecule has 2 rings (SSSR count). The number of nitrogens with zero attached hydrogens (tertiary/aromatic N) is 1. The molecule has 3 nitrogen and oxygen atoms in total. The summed E-state index contributed by atoms with van der Waals surface area (Å²) >= 11 is 3.32. The van der Waals surface area contributed by atoms with Gasteiger partial charge in [0.2, 0.25) is 0 Å². The highest BCUT2D eigenvalue weighted by atomic mass is 79.9. The van der Waals surface area contributed by atoms with Crippen LogP contribution in [0.25, 0.3) is 0 Å². The molecule has 0 heterocycles. The molecule has 0 aliphatic carbocycles. The predicted octanol–water partition coefficient (Wildman–Crippen LogP) is 4.45. The minimum atomic E-state index is -3.63. The molecular weight excluding hydrogens is 362 g/mol. The Morgan fingerprint density at radius 1 is 1.09 bits per heavy atom. The van der Waals surface area contributed by atoms with Crippen LogP contribution >= 0.6 is 15.9 Å². The molecule has 0 radical (unpaired) electrons. The molecule has 0 aromatic heterocycles. The number of hydrogen-bond donors (Lipinski definition) is 0. The summed E-state index contributed by atoms with van der Waals surface area (Å²) in [5.41, 5.74) is 2.70. The number of sulfonamides is 1. The second-order valence-corrected chi connectivity index (χ2v) is 7.90. The van der Waals surface area contributed by atoms with Crippen molar-refractivity contribution in [2.75, 3.05) is 10.8 Å². The Morgan fingerprint density at radius 3 is 2.14 bits per heavy atom. The third-order valence-electron chi connectivity index (χ3n) is 3.19. The molecule has 116 valence electrons. The van der Waals surface area contributed by atoms with Crippen molar-refractivity contribution in [3.8, 4) is 0 Å². The highest BCUT2D eigenvalue weighted by Gasteiger charge is 2.24. The summed E-state index contributed by atoms with van der Waals surface area (Å²) in [6, 6.07) is 12.4. The third kappa shape index (κ3) is 3.59. The minimum Gasteiger partial charge on any atom is -0.263 e. The fourth-order valence-corrected chi connectivity index (χ4v) is 3.97. The number of aryl methyl sites for hydroxylation is 2. The van der Waals surface area contributed by atoms with E-state index in [9.17, 15) is 8.42 Å². The maximum Gasteiger partial charge on any atom is 0.264 e. The molecule has 0 atom stereocenters. The van der Waals surface area contributed by atoms with Crippen LogP contribution in [0.3, 0.4) is 0 Å². The van der Waals surface area contributed by atoms with Crippen LogP contribution in [0, 0.1) is 13.8 Å². The van der Waals surface area contributed by atoms with Crippen LogP contribution in [0.4, 0.5) is 5.69 Å². The molecule has 5 heteroatoms. The lowest BCUT2D eigenvalue weighted by Crippen LogP contribution is -2.31. The summed E-state index contributed by atoms with van der Waals surface area (Å²) in [6.07, 6.45) is 1.59. The van der Waals surface area contributed by atoms with Crippen LogP contribution < -0.4 is 4.31 Å². The van der Waals surface area contributed by atoms with Gasteiger partial charge in [0.15, 0.2) is 0 Å². The van der Waals surface area contributed by atoms with Gasteiger partial charge in [0.1, 0.15) is 0 Å². The predicted molar refractivity (Wildman–Crippen MR) is 94.8 cm³/mol. The van der Waals surface area contributed by atoms with E-state index in [0.29, 0.717) is 5.69 Å². The average molecular weight is 380 g/mol. The number of hydrogen-bond acceptors (Lipinski definition) is 2. The average Bonchev–Trinajstić information content (AvgIpc) is 2.44. The Morgan fingerprint density at radius 2 is 1.64 bits per heavy atom. The van der Waals surface area contributed by atoms with Crippen molar-refractivity contribution in [2.24, 2.45) is 0 Å². The van der Waals surface area contributed by atoms with E-state index in [1.54, 1.807) is 30.3 Å². The SMILES string of the molecule is C=CCN(c1cc(C)cc(C)c1)S(=O)(=O)c1ccc(Br)cc1. The van der Waals surface area contributed by atoms with E-state index in [4.69, 9.17) is 0 Å². The number of rotatable bonds is 5. The molecule has 2 aromatic rings. The lowest BCUT2D eigenvalue weighted by Gasteiger charge is -2.24. The smallest absolute Gasteiger partial charge is 0.263 e. The van der Waals surface area contributed by atoms with Gasteiger partial charge in [0, 0.05) is 4.47 Å². The molecule has 0 aliphatic heterocycles. The van der Waals surface area contributed by atoms with Crippen molar-refractivity contribution < 1.29 is 8.42 Å². The van der Waals surface area contributed by atoms with E-state index in [1.165, 1.54) is 4.31 Å². The molecule has 0 bridgehead atoms. The van der Waals surface area contributed by atoms with Gasteiger partial charge >= 0.3 is 0 Å². The maximum absolute atomic E-state index is 12.9. The van der Waals surface area contributed by atoms with Gasteiger partial charge in [-0.3, -0.25) is 4.31 Å². The summed E-state index contributed by atoms with van der Waals surface area (Å²) in [7, 11) is -3.63. The summed E-state index contributed by atoms with van der Waals surface area (Å²) < 4.78 is 28.1. The van der Waals surface area contributed by atoms with Gasteiger partial charge in [0.25, 0.3) is 10.0 Å². The molecule has 22 heavy (non-hydrogen) atoms. The Kier molecular flexibility index (Phi) is 5.08. The molecule has 0 spiro atoms. The van der Waals surface area contributed by atoms with E-state index in [0.717, 1.165) is 15.6 Å². The molecule has 0 saturated heterocycles. The molecule has 0 unspecified atom stereocenters. The third-order valence-corrected chi connectivity index (χ3v) is 5.53. The van der Waals surface area contributed by atoms with Crippen LogP contribution in [-0.2, 0) is 10.0 Å². The van der Waals surface area contributed by atoms with Gasteiger partial charge in [0.05, 0.1) is 17.1 Å². The van der Waals surface area contributed by atoms with Crippen molar-refractivity contribution in [3.05, 3.63) is 70.7 Å². The van der Waals surface area contributed by atoms with Gasteiger partial charge in [-0.1, -0.05) is 28.1 Å². The van der Waals surface area contributed by atoms with E-state index < -0.39 is 10.0 Å². The summed E-state index contributed by atoms with van der Waals surface area (Å²) in [5, 5.41) is 0. The molecule has 0 N–H and O–H groups in total. The second kappa shape index (κ2) is 6.67. The number of benzene rings is 2. The van der Waals surface area contributed by atoms with Crippen LogP contribution in [0.5, 0.6) is 0 Å². The minimum absolute atomic E-state index is 0.224. The monoisotopic (exact) mass is 379 g/mol. The Balaban J connectivity index is 2.55. The van der Waals surface area contributed by atoms with Crippen molar-refractivity contribution in [3.63, 3.8) is 0 Å². The number of anilines is 1. The van der Waals surface area contributed by atoms with Crippen LogP contribution in [0.2, 0.25) is 0 Å². The van der Waals surface area contributed by atoms with Crippen LogP contribution in [0.1, 0.15) is 11.1 Å². The maximum atomic E-state index is 12.9. The summed E-state index contributed by atoms with van der Waals surface area (Å²) in [6.45, 7) is 7.81. The zero-order valence-corrected chi connectivity index (χ0v) is 15.0. The second-order valence-electron chi connectivity index (χ2n) is 5.12. The lowest BCUT2D eigenvalue weighted by molar-refractivity contribution is 0.593. The Bertz CT molecular complexity index is 763. The highest BCUT2D eigenvalue weighted by molar-refractivity contribution is 9.10. The fourth-order valence-electron chi connectivity index (χ4n) is 2.29. The van der Waals surface area contributed by atoms with E-state index >= 15 is 0 Å². The van der Waals surface area contributed by atoms with Crippen molar-refractivity contribution in [1.29, 1.82) is 0 Å². The molecule has 0 aliphatic rings. The summed E-state index contributed by atoms with van der Waals surface area (Å²) in [5.74, 6) is 0. The molecule has 0 amide bonds. The van der Waals surface area contributed by atoms with Gasteiger partial charge < -0.3 is 0 Å². The Labute approximate surface area is 140 Å². The zero-order valence-electron chi connectivity index (χ0n) is 12.6. The normalized spacial score (nSPS) is 11.2. The number of halogens is 1. The highest BCUT2D eigenvalue weighted by Crippen LogP contribution is 2.26. The first-order chi connectivity index (χ1) is 10.3. The van der Waals surface area contributed by atoms with E-state index in [-0.39, 0.29) is 11.4 Å². The molecule has 0 saturated carbocycles. The topological polar surface area (TPSA) is 37.4 Å². The van der Waals surface area contributed by atoms with Crippen molar-refractivity contribution in [2.45, 2.75) is 18.7 Å². The summed E-state index contributed by atoms with van der Waals surface area (Å²) in [4.78, 5) is 0.261. The van der Waals surface area contributed by atoms with Crippen molar-refractivity contribution in [1.82, 2.24) is 0 Å². The molecule has 2 aromatic carbocycles. The van der Waals surface area contributed by atoms with Crippen molar-refractivity contribution >= 4 is 31.6 Å². The quantitative estimate of drug-likeness (QED) is 0.719. The lowest BCUT2D eigenvalue weighted by atomic mass is 10.1. The van der Waals surface area contributed by atoms with Gasteiger partial charge in [-0.15, -0.1) is 6.58 Å². The standard InChI is InChI=1S/C17H18BrNO2S/c1-4-9-19(16-11-13(2)10-14(3)12-16)22(20,21)17-7-5-15(18)6-8-17/h4-8,10-12H,1,9H2,2-3H3. The van der Waals surface area contributed by atoms with E-state index in [2.05, 4.69) is 22.5 Å². The van der Waals surface area contributed by atoms with Crippen LogP contribution in [-0.4, -0.2) is 15.0 Å². The molecular formula is C17H18BrNO2S. The van der Waals surface area contributed by atoms with Crippen LogP contribution in [0.15, 0.2) is 64.5 Å². The van der Waals surface area contributed by atoms with Gasteiger partial charge in [-0.25, -0.2) is 8.42 Å².